The van der Waals surface area contributed by atoms with Gasteiger partial charge >= 0.3 is 5.69 Å². The predicted molar refractivity (Wildman–Crippen MR) is 111 cm³/mol. The van der Waals surface area contributed by atoms with Gasteiger partial charge in [0.25, 0.3) is 5.56 Å². The third-order valence-electron chi connectivity index (χ3n) is 6.26. The lowest BCUT2D eigenvalue weighted by molar-refractivity contribution is 0.271. The van der Waals surface area contributed by atoms with Crippen LogP contribution in [0.25, 0.3) is 0 Å². The van der Waals surface area contributed by atoms with E-state index in [1.165, 1.54) is 15.3 Å². The Morgan fingerprint density at radius 3 is 2.21 bits per heavy atom. The maximum Gasteiger partial charge on any atom is 0.334 e. The molecule has 4 rings (SSSR count). The molecule has 0 unspecified atom stereocenters. The normalized spacial score (nSPS) is 19.2. The van der Waals surface area contributed by atoms with Crippen LogP contribution in [0.3, 0.4) is 0 Å². The first-order chi connectivity index (χ1) is 14.2. The van der Waals surface area contributed by atoms with Crippen LogP contribution in [0.4, 0.5) is 0 Å². The second-order valence-corrected chi connectivity index (χ2v) is 8.20. The van der Waals surface area contributed by atoms with Crippen molar-refractivity contribution >= 4 is 6.21 Å². The maximum atomic E-state index is 13.3. The summed E-state index contributed by atoms with van der Waals surface area (Å²) in [5.41, 5.74) is -0.698. The van der Waals surface area contributed by atoms with E-state index in [1.807, 2.05) is 0 Å². The summed E-state index contributed by atoms with van der Waals surface area (Å²) in [7, 11) is 0. The van der Waals surface area contributed by atoms with Gasteiger partial charge in [0.05, 0.1) is 12.8 Å². The van der Waals surface area contributed by atoms with Crippen molar-refractivity contribution in [3.8, 4) is 5.88 Å². The molecule has 2 aliphatic carbocycles. The van der Waals surface area contributed by atoms with Gasteiger partial charge in [-0.05, 0) is 37.8 Å². The first kappa shape index (κ1) is 19.7. The van der Waals surface area contributed by atoms with E-state index >= 15 is 0 Å². The molecule has 2 fully saturated rings. The first-order valence-electron chi connectivity index (χ1n) is 10.8. The van der Waals surface area contributed by atoms with E-state index in [2.05, 4.69) is 4.99 Å². The second kappa shape index (κ2) is 8.84. The Kier molecular flexibility index (Phi) is 6.02. The van der Waals surface area contributed by atoms with Gasteiger partial charge in [0.1, 0.15) is 11.3 Å². The summed E-state index contributed by atoms with van der Waals surface area (Å²) < 4.78 is 8.13. The van der Waals surface area contributed by atoms with Crippen LogP contribution in [-0.4, -0.2) is 20.5 Å². The second-order valence-electron chi connectivity index (χ2n) is 8.20. The Balaban J connectivity index is 1.78. The monoisotopic (exact) mass is 399 g/mol. The molecule has 2 aromatic rings. The third kappa shape index (κ3) is 4.09. The molecule has 2 saturated carbocycles. The van der Waals surface area contributed by atoms with Gasteiger partial charge in [0.2, 0.25) is 5.88 Å². The Morgan fingerprint density at radius 2 is 1.62 bits per heavy atom. The summed E-state index contributed by atoms with van der Waals surface area (Å²) in [5.74, 6) is 0.427. The average Bonchev–Trinajstić information content (AvgIpc) is 3.26. The van der Waals surface area contributed by atoms with E-state index in [1.54, 1.807) is 18.4 Å². The lowest BCUT2D eigenvalue weighted by Gasteiger charge is -2.29. The van der Waals surface area contributed by atoms with Crippen molar-refractivity contribution in [2.24, 2.45) is 4.99 Å². The molecule has 2 heterocycles. The Labute approximate surface area is 169 Å². The highest BCUT2D eigenvalue weighted by molar-refractivity contribution is 5.82. The number of aromatic hydroxyl groups is 1. The van der Waals surface area contributed by atoms with Crippen LogP contribution in [0.1, 0.15) is 87.6 Å². The van der Waals surface area contributed by atoms with Gasteiger partial charge in [-0.2, -0.15) is 0 Å². The molecule has 0 saturated heterocycles. The number of furan rings is 1. The van der Waals surface area contributed by atoms with Crippen LogP contribution in [-0.2, 0) is 6.54 Å². The fourth-order valence-electron chi connectivity index (χ4n) is 4.72. The Morgan fingerprint density at radius 1 is 1.00 bits per heavy atom. The van der Waals surface area contributed by atoms with Crippen LogP contribution < -0.4 is 11.2 Å². The zero-order valence-corrected chi connectivity index (χ0v) is 16.8. The van der Waals surface area contributed by atoms with E-state index in [0.29, 0.717) is 5.76 Å². The molecule has 0 amide bonds. The van der Waals surface area contributed by atoms with Crippen LogP contribution in [0.2, 0.25) is 0 Å². The average molecular weight is 399 g/mol. The highest BCUT2D eigenvalue weighted by Crippen LogP contribution is 2.31. The highest BCUT2D eigenvalue weighted by Gasteiger charge is 2.28. The summed E-state index contributed by atoms with van der Waals surface area (Å²) in [5, 5.41) is 10.9. The van der Waals surface area contributed by atoms with Crippen molar-refractivity contribution in [3.05, 3.63) is 50.6 Å². The molecule has 0 radical (unpaired) electrons. The molecule has 2 aliphatic rings. The fourth-order valence-corrected chi connectivity index (χ4v) is 4.72. The predicted octanol–water partition coefficient (Wildman–Crippen LogP) is 3.94. The summed E-state index contributed by atoms with van der Waals surface area (Å²) in [6.07, 6.45) is 12.7. The molecule has 0 spiro atoms. The molecular formula is C22H29N3O4. The molecule has 0 atom stereocenters. The largest absolute Gasteiger partial charge is 0.494 e. The number of aliphatic imine (C=N–C) groups is 1. The zero-order chi connectivity index (χ0) is 20.2. The summed E-state index contributed by atoms with van der Waals surface area (Å²) in [6, 6.07) is 3.42. The molecule has 0 aliphatic heterocycles. The first-order valence-corrected chi connectivity index (χ1v) is 10.8. The van der Waals surface area contributed by atoms with Crippen molar-refractivity contribution in [3.63, 3.8) is 0 Å². The third-order valence-corrected chi connectivity index (χ3v) is 6.26. The van der Waals surface area contributed by atoms with Gasteiger partial charge in [-0.25, -0.2) is 4.79 Å². The highest BCUT2D eigenvalue weighted by atomic mass is 16.3. The van der Waals surface area contributed by atoms with Crippen molar-refractivity contribution in [2.45, 2.75) is 82.8 Å². The van der Waals surface area contributed by atoms with Crippen LogP contribution in [0.15, 0.2) is 37.4 Å². The maximum absolute atomic E-state index is 13.3. The number of nitrogens with zero attached hydrogens (tertiary/aromatic N) is 3. The van der Waals surface area contributed by atoms with E-state index in [4.69, 9.17) is 4.42 Å². The fraction of sp³-hybridized carbons (Fsp3) is 0.591. The number of hydrogen-bond donors (Lipinski definition) is 1. The molecule has 2 aromatic heterocycles. The van der Waals surface area contributed by atoms with Gasteiger partial charge in [0, 0.05) is 18.3 Å². The Bertz CT molecular complexity index is 959. The van der Waals surface area contributed by atoms with E-state index in [0.717, 1.165) is 64.2 Å². The van der Waals surface area contributed by atoms with E-state index in [-0.39, 0.29) is 35.8 Å². The molecule has 0 bridgehead atoms. The van der Waals surface area contributed by atoms with Crippen molar-refractivity contribution < 1.29 is 9.52 Å². The molecule has 29 heavy (non-hydrogen) atoms. The summed E-state index contributed by atoms with van der Waals surface area (Å²) >= 11 is 0. The number of aromatic nitrogens is 2. The van der Waals surface area contributed by atoms with Gasteiger partial charge in [-0.3, -0.25) is 18.9 Å². The summed E-state index contributed by atoms with van der Waals surface area (Å²) in [4.78, 5) is 30.8. The minimum Gasteiger partial charge on any atom is -0.494 e. The molecule has 0 aromatic carbocycles. The lowest BCUT2D eigenvalue weighted by Crippen LogP contribution is -2.45. The van der Waals surface area contributed by atoms with E-state index in [9.17, 15) is 14.7 Å². The van der Waals surface area contributed by atoms with Crippen molar-refractivity contribution in [1.82, 2.24) is 9.13 Å². The van der Waals surface area contributed by atoms with Crippen LogP contribution in [0.5, 0.6) is 5.88 Å². The van der Waals surface area contributed by atoms with Crippen LogP contribution in [0, 0.1) is 0 Å². The molecule has 1 N–H and O–H groups in total. The standard InChI is InChI=1S/C22H29N3O4/c26-20-19(15-23-14-18-12-7-13-29-18)21(27)25(17-10-5-2-6-11-17)22(28)24(20)16-8-3-1-4-9-16/h7,12-13,15-17,26H,1-6,8-11,14H2. The quantitative estimate of drug-likeness (QED) is 0.771. The Hall–Kier alpha value is -2.57. The van der Waals surface area contributed by atoms with Crippen LogP contribution >= 0.6 is 0 Å². The number of rotatable bonds is 5. The SMILES string of the molecule is O=c1c(C=NCc2ccco2)c(O)n(C2CCCCC2)c(=O)n1C1CCCCC1. The smallest absolute Gasteiger partial charge is 0.334 e. The van der Waals surface area contributed by atoms with Gasteiger partial charge in [0.15, 0.2) is 0 Å². The lowest BCUT2D eigenvalue weighted by atomic mass is 9.94. The van der Waals surface area contributed by atoms with E-state index < -0.39 is 5.56 Å². The van der Waals surface area contributed by atoms with Crippen molar-refractivity contribution in [2.75, 3.05) is 0 Å². The minimum atomic E-state index is -0.436. The van der Waals surface area contributed by atoms with Gasteiger partial charge in [-0.15, -0.1) is 0 Å². The molecule has 7 nitrogen and oxygen atoms in total. The van der Waals surface area contributed by atoms with Gasteiger partial charge in [-0.1, -0.05) is 38.5 Å². The van der Waals surface area contributed by atoms with Gasteiger partial charge < -0.3 is 9.52 Å². The molecule has 156 valence electrons. The summed E-state index contributed by atoms with van der Waals surface area (Å²) in [6.45, 7) is 0.276. The topological polar surface area (TPSA) is 89.7 Å². The molecular weight excluding hydrogens is 370 g/mol. The van der Waals surface area contributed by atoms with Crippen molar-refractivity contribution in [1.29, 1.82) is 0 Å². The zero-order valence-electron chi connectivity index (χ0n) is 16.8. The number of hydrogen-bond acceptors (Lipinski definition) is 5. The molecule has 7 heteroatoms. The minimum absolute atomic E-state index is 0.0658.